The molecule has 32 heavy (non-hydrogen) atoms. The Hall–Kier alpha value is -1.80. The van der Waals surface area contributed by atoms with E-state index in [2.05, 4.69) is 53.8 Å². The molecule has 2 rings (SSSR count). The topological polar surface area (TPSA) is 32.3 Å². The maximum Gasteiger partial charge on any atom is 0.0431 e. The number of benzene rings is 2. The Morgan fingerprint density at radius 2 is 0.844 bits per heavy atom. The van der Waals surface area contributed by atoms with Crippen molar-refractivity contribution in [3.8, 4) is 0 Å². The van der Waals surface area contributed by atoms with Crippen molar-refractivity contribution in [3.05, 3.63) is 60.2 Å². The number of anilines is 2. The number of aliphatic hydroxyl groups excluding tert-OH is 1. The summed E-state index contributed by atoms with van der Waals surface area (Å²) in [6, 6.07) is 19.3. The van der Waals surface area contributed by atoms with Gasteiger partial charge in [-0.25, -0.2) is 0 Å². The molecule has 0 spiro atoms. The summed E-state index contributed by atoms with van der Waals surface area (Å²) in [5, 5.41) is 12.2. The zero-order valence-corrected chi connectivity index (χ0v) is 20.4. The SMILES string of the molecule is OCCCCCCCCCCCCCCCCCCc1ccc(Nc2ccccc2)cc1. The van der Waals surface area contributed by atoms with Crippen LogP contribution in [0.3, 0.4) is 0 Å². The van der Waals surface area contributed by atoms with Gasteiger partial charge in [0.1, 0.15) is 0 Å². The third-order valence-electron chi connectivity index (χ3n) is 6.39. The molecule has 0 atom stereocenters. The fraction of sp³-hybridized carbons (Fsp3) is 0.600. The van der Waals surface area contributed by atoms with Gasteiger partial charge in [-0.1, -0.05) is 120 Å². The lowest BCUT2D eigenvalue weighted by Crippen LogP contribution is -1.91. The molecule has 2 aromatic rings. The van der Waals surface area contributed by atoms with Crippen LogP contribution in [0.15, 0.2) is 54.6 Å². The number of rotatable bonds is 20. The summed E-state index contributed by atoms with van der Waals surface area (Å²) in [4.78, 5) is 0. The molecule has 178 valence electrons. The quantitative estimate of drug-likeness (QED) is 0.202. The van der Waals surface area contributed by atoms with Gasteiger partial charge >= 0.3 is 0 Å². The number of hydrogen-bond acceptors (Lipinski definition) is 2. The van der Waals surface area contributed by atoms with E-state index in [9.17, 15) is 0 Å². The summed E-state index contributed by atoms with van der Waals surface area (Å²) in [6.45, 7) is 0.363. The highest BCUT2D eigenvalue weighted by Gasteiger charge is 1.98. The number of aryl methyl sites for hydroxylation is 1. The van der Waals surface area contributed by atoms with Crippen molar-refractivity contribution in [3.63, 3.8) is 0 Å². The number of nitrogens with one attached hydrogen (secondary N) is 1. The van der Waals surface area contributed by atoms with Gasteiger partial charge in [-0.3, -0.25) is 0 Å². The number of hydrogen-bond donors (Lipinski definition) is 2. The molecule has 0 aromatic heterocycles. The Morgan fingerprint density at radius 1 is 0.438 bits per heavy atom. The zero-order chi connectivity index (χ0) is 22.5. The third kappa shape index (κ3) is 13.6. The van der Waals surface area contributed by atoms with Crippen molar-refractivity contribution in [2.45, 2.75) is 109 Å². The molecule has 2 aromatic carbocycles. The molecule has 0 saturated heterocycles. The van der Waals surface area contributed by atoms with E-state index in [1.165, 1.54) is 108 Å². The van der Waals surface area contributed by atoms with E-state index in [0.717, 1.165) is 17.8 Å². The molecule has 2 N–H and O–H groups in total. The first-order valence-electron chi connectivity index (χ1n) is 13.4. The first kappa shape index (κ1) is 26.5. The van der Waals surface area contributed by atoms with E-state index < -0.39 is 0 Å². The van der Waals surface area contributed by atoms with E-state index in [0.29, 0.717) is 6.61 Å². The van der Waals surface area contributed by atoms with E-state index in [4.69, 9.17) is 5.11 Å². The van der Waals surface area contributed by atoms with Gasteiger partial charge in [-0.05, 0) is 49.1 Å². The summed E-state index contributed by atoms with van der Waals surface area (Å²) in [7, 11) is 0. The second-order valence-electron chi connectivity index (χ2n) is 9.32. The Balaban J connectivity index is 1.34. The third-order valence-corrected chi connectivity index (χ3v) is 6.39. The lowest BCUT2D eigenvalue weighted by Gasteiger charge is -2.07. The highest BCUT2D eigenvalue weighted by atomic mass is 16.2. The second-order valence-corrected chi connectivity index (χ2v) is 9.32. The molecule has 0 saturated carbocycles. The lowest BCUT2D eigenvalue weighted by molar-refractivity contribution is 0.282. The minimum absolute atomic E-state index is 0.363. The predicted molar refractivity (Wildman–Crippen MR) is 141 cm³/mol. The molecule has 0 fully saturated rings. The molecule has 0 aliphatic rings. The minimum Gasteiger partial charge on any atom is -0.396 e. The maximum atomic E-state index is 8.77. The van der Waals surface area contributed by atoms with Crippen molar-refractivity contribution in [2.24, 2.45) is 0 Å². The van der Waals surface area contributed by atoms with Crippen molar-refractivity contribution >= 4 is 11.4 Å². The number of unbranched alkanes of at least 4 members (excludes halogenated alkanes) is 15. The van der Waals surface area contributed by atoms with Crippen LogP contribution in [0.2, 0.25) is 0 Å². The van der Waals surface area contributed by atoms with Gasteiger partial charge in [0.2, 0.25) is 0 Å². The second kappa shape index (κ2) is 18.7. The molecular formula is C30H47NO. The fourth-order valence-electron chi connectivity index (χ4n) is 4.36. The van der Waals surface area contributed by atoms with E-state index in [1.807, 2.05) is 6.07 Å². The smallest absolute Gasteiger partial charge is 0.0431 e. The van der Waals surface area contributed by atoms with E-state index in [-0.39, 0.29) is 0 Å². The number of aliphatic hydroxyl groups is 1. The Labute approximate surface area is 197 Å². The van der Waals surface area contributed by atoms with Gasteiger partial charge in [0.15, 0.2) is 0 Å². The largest absolute Gasteiger partial charge is 0.396 e. The Bertz CT molecular complexity index is 652. The zero-order valence-electron chi connectivity index (χ0n) is 20.4. The van der Waals surface area contributed by atoms with Crippen molar-refractivity contribution in [1.82, 2.24) is 0 Å². The van der Waals surface area contributed by atoms with Gasteiger partial charge in [-0.2, -0.15) is 0 Å². The molecule has 0 aliphatic heterocycles. The average Bonchev–Trinajstić information content (AvgIpc) is 2.83. The van der Waals surface area contributed by atoms with Crippen molar-refractivity contribution in [1.29, 1.82) is 0 Å². The van der Waals surface area contributed by atoms with Gasteiger partial charge < -0.3 is 10.4 Å². The normalized spacial score (nSPS) is 11.0. The average molecular weight is 438 g/mol. The molecule has 0 bridgehead atoms. The summed E-state index contributed by atoms with van der Waals surface area (Å²) in [5.74, 6) is 0. The molecule has 0 unspecified atom stereocenters. The van der Waals surface area contributed by atoms with Gasteiger partial charge in [0.05, 0.1) is 0 Å². The van der Waals surface area contributed by atoms with Crippen molar-refractivity contribution in [2.75, 3.05) is 11.9 Å². The number of para-hydroxylation sites is 1. The van der Waals surface area contributed by atoms with E-state index >= 15 is 0 Å². The fourth-order valence-corrected chi connectivity index (χ4v) is 4.36. The minimum atomic E-state index is 0.363. The van der Waals surface area contributed by atoms with Crippen LogP contribution in [0.1, 0.15) is 108 Å². The first-order valence-corrected chi connectivity index (χ1v) is 13.4. The van der Waals surface area contributed by atoms with Crippen LogP contribution in [-0.2, 0) is 6.42 Å². The molecule has 0 heterocycles. The van der Waals surface area contributed by atoms with Crippen LogP contribution in [0.4, 0.5) is 11.4 Å². The summed E-state index contributed by atoms with van der Waals surface area (Å²) < 4.78 is 0. The maximum absolute atomic E-state index is 8.77. The molecule has 2 nitrogen and oxygen atoms in total. The highest BCUT2D eigenvalue weighted by Crippen LogP contribution is 2.18. The van der Waals surface area contributed by atoms with E-state index in [1.54, 1.807) is 0 Å². The van der Waals surface area contributed by atoms with Crippen LogP contribution in [0, 0.1) is 0 Å². The Kier molecular flexibility index (Phi) is 15.5. The molecular weight excluding hydrogens is 390 g/mol. The molecule has 0 amide bonds. The summed E-state index contributed by atoms with van der Waals surface area (Å²) in [6.07, 6.45) is 22.9. The van der Waals surface area contributed by atoms with Gasteiger partial charge in [-0.15, -0.1) is 0 Å². The van der Waals surface area contributed by atoms with Gasteiger partial charge in [0.25, 0.3) is 0 Å². The lowest BCUT2D eigenvalue weighted by atomic mass is 10.0. The van der Waals surface area contributed by atoms with Crippen molar-refractivity contribution < 1.29 is 5.11 Å². The molecule has 0 radical (unpaired) electrons. The Morgan fingerprint density at radius 3 is 1.31 bits per heavy atom. The van der Waals surface area contributed by atoms with Gasteiger partial charge in [0, 0.05) is 18.0 Å². The summed E-state index contributed by atoms with van der Waals surface area (Å²) in [5.41, 5.74) is 3.75. The molecule has 0 aliphatic carbocycles. The highest BCUT2D eigenvalue weighted by molar-refractivity contribution is 5.59. The van der Waals surface area contributed by atoms with Crippen LogP contribution in [0.5, 0.6) is 0 Å². The summed E-state index contributed by atoms with van der Waals surface area (Å²) >= 11 is 0. The van der Waals surface area contributed by atoms with Crippen LogP contribution >= 0.6 is 0 Å². The predicted octanol–water partition coefficient (Wildman–Crippen LogP) is 9.21. The van der Waals surface area contributed by atoms with Crippen LogP contribution in [-0.4, -0.2) is 11.7 Å². The molecule has 2 heteroatoms. The monoisotopic (exact) mass is 437 g/mol. The van der Waals surface area contributed by atoms with Crippen LogP contribution < -0.4 is 5.32 Å². The first-order chi connectivity index (χ1) is 15.9. The van der Waals surface area contributed by atoms with Crippen LogP contribution in [0.25, 0.3) is 0 Å². The standard InChI is InChI=1S/C30H47NO/c32-27-19-14-12-10-8-6-4-2-1-3-5-7-9-11-13-16-20-28-23-25-30(26-24-28)31-29-21-17-15-18-22-29/h15,17-18,21-26,31-32H,1-14,16,19-20,27H2.